The van der Waals surface area contributed by atoms with E-state index < -0.39 is 23.4 Å². The van der Waals surface area contributed by atoms with Crippen molar-refractivity contribution in [1.82, 2.24) is 10.3 Å². The van der Waals surface area contributed by atoms with Crippen molar-refractivity contribution in [2.24, 2.45) is 5.73 Å². The SMILES string of the molecule is C=C(Nc1ccc(Oc2ccnc3cc(OC)c(C(N)=O)cc23)c(C(F)(F)F)c1)NC1CC1. The molecule has 0 radical (unpaired) electrons. The first-order valence-electron chi connectivity index (χ1n) is 10.0. The molecule has 0 saturated heterocycles. The third-order valence-corrected chi connectivity index (χ3v) is 5.04. The predicted octanol–water partition coefficient (Wildman–Crippen LogP) is 4.79. The Balaban J connectivity index is 1.71. The van der Waals surface area contributed by atoms with Crippen LogP contribution >= 0.6 is 0 Å². The van der Waals surface area contributed by atoms with Gasteiger partial charge in [-0.3, -0.25) is 9.78 Å². The van der Waals surface area contributed by atoms with Crippen LogP contribution in [0.15, 0.2) is 55.0 Å². The Morgan fingerprint density at radius 1 is 1.15 bits per heavy atom. The molecule has 4 rings (SSSR count). The van der Waals surface area contributed by atoms with Gasteiger partial charge in [0.25, 0.3) is 5.91 Å². The number of carbonyl (C=O) groups excluding carboxylic acids is 1. The monoisotopic (exact) mass is 458 g/mol. The van der Waals surface area contributed by atoms with Gasteiger partial charge in [-0.1, -0.05) is 6.58 Å². The highest BCUT2D eigenvalue weighted by atomic mass is 19.4. The predicted molar refractivity (Wildman–Crippen MR) is 117 cm³/mol. The fraction of sp³-hybridized carbons (Fsp3) is 0.217. The van der Waals surface area contributed by atoms with E-state index in [1.54, 1.807) is 0 Å². The average Bonchev–Trinajstić information content (AvgIpc) is 3.57. The summed E-state index contributed by atoms with van der Waals surface area (Å²) >= 11 is 0. The number of halogens is 3. The van der Waals surface area contributed by atoms with Crippen molar-refractivity contribution >= 4 is 22.5 Å². The molecule has 10 heteroatoms. The zero-order chi connectivity index (χ0) is 23.8. The van der Waals surface area contributed by atoms with E-state index in [1.807, 2.05) is 0 Å². The second-order valence-electron chi connectivity index (χ2n) is 7.58. The minimum absolute atomic E-state index is 0.0557. The second-order valence-corrected chi connectivity index (χ2v) is 7.58. The number of nitrogens with two attached hydrogens (primary N) is 1. The molecule has 1 amide bonds. The first kappa shape index (κ1) is 22.3. The maximum absolute atomic E-state index is 13.8. The zero-order valence-electron chi connectivity index (χ0n) is 17.6. The number of ether oxygens (including phenoxy) is 2. The second kappa shape index (κ2) is 8.53. The number of carbonyl (C=O) groups is 1. The van der Waals surface area contributed by atoms with E-state index >= 15 is 0 Å². The lowest BCUT2D eigenvalue weighted by molar-refractivity contribution is -0.138. The van der Waals surface area contributed by atoms with Crippen LogP contribution in [-0.2, 0) is 6.18 Å². The molecule has 1 heterocycles. The number of alkyl halides is 3. The van der Waals surface area contributed by atoms with Gasteiger partial charge in [0.2, 0.25) is 0 Å². The van der Waals surface area contributed by atoms with Crippen LogP contribution in [0.4, 0.5) is 18.9 Å². The maximum Gasteiger partial charge on any atom is 0.420 e. The molecule has 0 aliphatic heterocycles. The zero-order valence-corrected chi connectivity index (χ0v) is 17.6. The van der Waals surface area contributed by atoms with E-state index in [-0.39, 0.29) is 22.7 Å². The van der Waals surface area contributed by atoms with Crippen LogP contribution in [0.5, 0.6) is 17.2 Å². The van der Waals surface area contributed by atoms with Gasteiger partial charge in [0.1, 0.15) is 22.8 Å². The van der Waals surface area contributed by atoms with Crippen molar-refractivity contribution in [3.05, 3.63) is 66.1 Å². The Morgan fingerprint density at radius 2 is 1.91 bits per heavy atom. The molecular formula is C23H21F3N4O3. The molecule has 1 aromatic heterocycles. The number of hydrogen-bond donors (Lipinski definition) is 3. The van der Waals surface area contributed by atoms with E-state index in [2.05, 4.69) is 22.2 Å². The summed E-state index contributed by atoms with van der Waals surface area (Å²) in [4.78, 5) is 16.0. The lowest BCUT2D eigenvalue weighted by Gasteiger charge is -2.18. The molecule has 1 fully saturated rings. The van der Waals surface area contributed by atoms with Crippen molar-refractivity contribution in [2.45, 2.75) is 25.1 Å². The molecule has 0 spiro atoms. The van der Waals surface area contributed by atoms with Gasteiger partial charge in [0.05, 0.1) is 24.0 Å². The van der Waals surface area contributed by atoms with Crippen molar-refractivity contribution in [3.63, 3.8) is 0 Å². The molecule has 0 unspecified atom stereocenters. The minimum Gasteiger partial charge on any atom is -0.496 e. The number of aromatic nitrogens is 1. The van der Waals surface area contributed by atoms with Crippen molar-refractivity contribution in [3.8, 4) is 17.2 Å². The van der Waals surface area contributed by atoms with E-state index in [4.69, 9.17) is 15.2 Å². The van der Waals surface area contributed by atoms with Crippen molar-refractivity contribution in [1.29, 1.82) is 0 Å². The Morgan fingerprint density at radius 3 is 2.55 bits per heavy atom. The molecule has 33 heavy (non-hydrogen) atoms. The first-order valence-corrected chi connectivity index (χ1v) is 10.0. The van der Waals surface area contributed by atoms with E-state index in [0.717, 1.165) is 18.9 Å². The van der Waals surface area contributed by atoms with Crippen LogP contribution in [0.25, 0.3) is 10.9 Å². The molecular weight excluding hydrogens is 437 g/mol. The summed E-state index contributed by atoms with van der Waals surface area (Å²) in [6.45, 7) is 3.79. The number of anilines is 1. The van der Waals surface area contributed by atoms with Gasteiger partial charge >= 0.3 is 6.18 Å². The molecule has 1 saturated carbocycles. The van der Waals surface area contributed by atoms with Gasteiger partial charge in [-0.25, -0.2) is 0 Å². The summed E-state index contributed by atoms with van der Waals surface area (Å²) < 4.78 is 52.3. The van der Waals surface area contributed by atoms with Crippen LogP contribution in [-0.4, -0.2) is 24.0 Å². The third kappa shape index (κ3) is 4.94. The van der Waals surface area contributed by atoms with Crippen LogP contribution in [0, 0.1) is 0 Å². The molecule has 1 aliphatic rings. The lowest BCUT2D eigenvalue weighted by atomic mass is 10.1. The number of pyridine rings is 1. The molecule has 172 valence electrons. The fourth-order valence-corrected chi connectivity index (χ4v) is 3.32. The lowest BCUT2D eigenvalue weighted by Crippen LogP contribution is -2.20. The fourth-order valence-electron chi connectivity index (χ4n) is 3.32. The van der Waals surface area contributed by atoms with E-state index in [9.17, 15) is 18.0 Å². The number of fused-ring (bicyclic) bond motifs is 1. The Hall–Kier alpha value is -3.95. The topological polar surface area (TPSA) is 98.5 Å². The number of primary amides is 1. The van der Waals surface area contributed by atoms with Gasteiger partial charge < -0.3 is 25.8 Å². The Kier molecular flexibility index (Phi) is 5.75. The summed E-state index contributed by atoms with van der Waals surface area (Å²) in [5.74, 6) is -0.456. The largest absolute Gasteiger partial charge is 0.496 e. The van der Waals surface area contributed by atoms with Gasteiger partial charge in [0.15, 0.2) is 0 Å². The first-order chi connectivity index (χ1) is 15.7. The molecule has 2 aromatic carbocycles. The average molecular weight is 458 g/mol. The van der Waals surface area contributed by atoms with Crippen LogP contribution in [0.2, 0.25) is 0 Å². The highest BCUT2D eigenvalue weighted by molar-refractivity contribution is 6.01. The molecule has 7 nitrogen and oxygen atoms in total. The maximum atomic E-state index is 13.8. The number of rotatable bonds is 8. The van der Waals surface area contributed by atoms with Gasteiger partial charge in [0, 0.05) is 29.4 Å². The minimum atomic E-state index is -4.68. The summed E-state index contributed by atoms with van der Waals surface area (Å²) in [6, 6.07) is 8.21. The Labute approximate surface area is 187 Å². The number of hydrogen-bond acceptors (Lipinski definition) is 6. The standard InChI is InChI=1S/C23H21F3N4O3/c1-12(29-13-3-4-13)30-14-5-6-20(17(9-14)23(24,25)26)33-19-7-8-28-18-11-21(32-2)16(22(27)31)10-15(18)19/h5-11,13,29-30H,1,3-4H2,2H3,(H2,27,31). The summed E-state index contributed by atoms with van der Waals surface area (Å²) in [6.07, 6.45) is -1.28. The highest BCUT2D eigenvalue weighted by Crippen LogP contribution is 2.41. The molecule has 3 aromatic rings. The smallest absolute Gasteiger partial charge is 0.420 e. The van der Waals surface area contributed by atoms with Crippen LogP contribution in [0.3, 0.4) is 0 Å². The molecule has 1 aliphatic carbocycles. The van der Waals surface area contributed by atoms with Crippen molar-refractivity contribution in [2.75, 3.05) is 12.4 Å². The number of nitrogens with zero attached hydrogens (tertiary/aromatic N) is 1. The highest BCUT2D eigenvalue weighted by Gasteiger charge is 2.35. The molecule has 4 N–H and O–H groups in total. The normalized spacial score (nSPS) is 13.5. The van der Waals surface area contributed by atoms with E-state index in [1.165, 1.54) is 43.6 Å². The number of nitrogens with one attached hydrogen (secondary N) is 2. The summed E-state index contributed by atoms with van der Waals surface area (Å²) in [5.41, 5.74) is 5.07. The molecule has 0 atom stereocenters. The quantitative estimate of drug-likeness (QED) is 0.449. The van der Waals surface area contributed by atoms with Crippen LogP contribution in [0.1, 0.15) is 28.8 Å². The van der Waals surface area contributed by atoms with Gasteiger partial charge in [-0.2, -0.15) is 13.2 Å². The number of benzene rings is 2. The van der Waals surface area contributed by atoms with Gasteiger partial charge in [-0.15, -0.1) is 0 Å². The number of amides is 1. The summed E-state index contributed by atoms with van der Waals surface area (Å²) in [5, 5.41) is 6.24. The Bertz CT molecular complexity index is 1240. The summed E-state index contributed by atoms with van der Waals surface area (Å²) in [7, 11) is 1.37. The van der Waals surface area contributed by atoms with Crippen LogP contribution < -0.4 is 25.8 Å². The third-order valence-electron chi connectivity index (χ3n) is 5.04. The van der Waals surface area contributed by atoms with E-state index in [0.29, 0.717) is 22.8 Å². The molecule has 0 bridgehead atoms. The van der Waals surface area contributed by atoms with Gasteiger partial charge in [-0.05, 0) is 43.2 Å². The number of methoxy groups -OCH3 is 1. The van der Waals surface area contributed by atoms with Crippen molar-refractivity contribution < 1.29 is 27.4 Å².